The fourth-order valence-corrected chi connectivity index (χ4v) is 2.43. The minimum atomic E-state index is -0.0541. The van der Waals surface area contributed by atoms with E-state index >= 15 is 0 Å². The zero-order chi connectivity index (χ0) is 15.4. The molecule has 0 radical (unpaired) electrons. The normalized spacial score (nSPS) is 10.7. The summed E-state index contributed by atoms with van der Waals surface area (Å²) in [5, 5.41) is 17.3. The maximum Gasteiger partial charge on any atom is 0.176 e. The highest BCUT2D eigenvalue weighted by atomic mass is 79.9. The third-order valence-corrected chi connectivity index (χ3v) is 3.67. The number of nitrogens with zero attached hydrogens (tertiary/aromatic N) is 3. The van der Waals surface area contributed by atoms with Crippen molar-refractivity contribution in [2.75, 3.05) is 6.61 Å². The molecule has 0 spiro atoms. The van der Waals surface area contributed by atoms with Gasteiger partial charge in [-0.15, -0.1) is 10.2 Å². The molecular formula is C14H18BrN3O3. The molecule has 0 saturated heterocycles. The van der Waals surface area contributed by atoms with E-state index in [2.05, 4.69) is 26.1 Å². The van der Waals surface area contributed by atoms with Gasteiger partial charge in [0, 0.05) is 7.05 Å². The molecule has 0 atom stereocenters. The van der Waals surface area contributed by atoms with Gasteiger partial charge in [-0.05, 0) is 47.5 Å². The summed E-state index contributed by atoms with van der Waals surface area (Å²) in [6.45, 7) is 4.53. The predicted octanol–water partition coefficient (Wildman–Crippen LogP) is 2.36. The third kappa shape index (κ3) is 3.54. The van der Waals surface area contributed by atoms with Crippen LogP contribution in [0.2, 0.25) is 0 Å². The number of hydrogen-bond donors (Lipinski definition) is 1. The number of benzene rings is 1. The number of halogens is 1. The van der Waals surface area contributed by atoms with Crippen LogP contribution in [-0.4, -0.2) is 26.5 Å². The summed E-state index contributed by atoms with van der Waals surface area (Å²) < 4.78 is 14.0. The van der Waals surface area contributed by atoms with Crippen LogP contribution in [0.1, 0.15) is 24.1 Å². The van der Waals surface area contributed by atoms with E-state index in [0.717, 1.165) is 21.7 Å². The molecule has 21 heavy (non-hydrogen) atoms. The summed E-state index contributed by atoms with van der Waals surface area (Å²) in [6, 6.07) is 3.57. The molecule has 1 aromatic heterocycles. The Labute approximate surface area is 131 Å². The first-order valence-corrected chi connectivity index (χ1v) is 7.39. The Kier molecular flexibility index (Phi) is 5.19. The number of aliphatic hydroxyl groups is 1. The summed E-state index contributed by atoms with van der Waals surface area (Å²) in [5.74, 6) is 2.74. The average Bonchev–Trinajstić information content (AvgIpc) is 2.78. The van der Waals surface area contributed by atoms with Crippen molar-refractivity contribution in [3.05, 3.63) is 33.8 Å². The summed E-state index contributed by atoms with van der Waals surface area (Å²) in [6.07, 6.45) is 0. The molecule has 0 fully saturated rings. The van der Waals surface area contributed by atoms with Crippen LogP contribution < -0.4 is 9.47 Å². The minimum Gasteiger partial charge on any atom is -0.490 e. The van der Waals surface area contributed by atoms with Gasteiger partial charge in [0.15, 0.2) is 17.3 Å². The molecule has 1 N–H and O–H groups in total. The summed E-state index contributed by atoms with van der Waals surface area (Å²) in [7, 11) is 1.89. The van der Waals surface area contributed by atoms with Crippen molar-refractivity contribution < 1.29 is 14.6 Å². The maximum absolute atomic E-state index is 9.25. The first kappa shape index (κ1) is 15.8. The summed E-state index contributed by atoms with van der Waals surface area (Å²) in [5.41, 5.74) is 0.757. The molecule has 0 amide bonds. The van der Waals surface area contributed by atoms with E-state index in [1.807, 2.05) is 25.5 Å². The van der Waals surface area contributed by atoms with Gasteiger partial charge in [0.2, 0.25) is 0 Å². The minimum absolute atomic E-state index is 0.0541. The topological polar surface area (TPSA) is 69.4 Å². The van der Waals surface area contributed by atoms with E-state index in [9.17, 15) is 5.11 Å². The number of ether oxygens (including phenoxy) is 2. The molecule has 114 valence electrons. The highest BCUT2D eigenvalue weighted by Gasteiger charge is 2.14. The van der Waals surface area contributed by atoms with Crippen LogP contribution >= 0.6 is 15.9 Å². The van der Waals surface area contributed by atoms with Crippen LogP contribution in [0, 0.1) is 6.92 Å². The van der Waals surface area contributed by atoms with Crippen molar-refractivity contribution in [1.82, 2.24) is 14.8 Å². The molecule has 0 saturated carbocycles. The van der Waals surface area contributed by atoms with E-state index in [1.165, 1.54) is 0 Å². The molecule has 1 heterocycles. The average molecular weight is 356 g/mol. The zero-order valence-corrected chi connectivity index (χ0v) is 13.8. The van der Waals surface area contributed by atoms with E-state index in [-0.39, 0.29) is 13.2 Å². The number of aromatic nitrogens is 3. The van der Waals surface area contributed by atoms with Crippen LogP contribution in [0.3, 0.4) is 0 Å². The van der Waals surface area contributed by atoms with Crippen LogP contribution in [0.15, 0.2) is 16.6 Å². The van der Waals surface area contributed by atoms with Crippen LogP contribution in [0.25, 0.3) is 0 Å². The van der Waals surface area contributed by atoms with Crippen LogP contribution in [0.5, 0.6) is 11.5 Å². The van der Waals surface area contributed by atoms with E-state index < -0.39 is 0 Å². The van der Waals surface area contributed by atoms with Gasteiger partial charge in [-0.2, -0.15) is 0 Å². The molecular weight excluding hydrogens is 338 g/mol. The quantitative estimate of drug-likeness (QED) is 0.861. The molecule has 6 nitrogen and oxygen atoms in total. The molecule has 1 aromatic carbocycles. The fourth-order valence-electron chi connectivity index (χ4n) is 1.83. The van der Waals surface area contributed by atoms with Crippen LogP contribution in [-0.2, 0) is 20.3 Å². The Morgan fingerprint density at radius 3 is 2.62 bits per heavy atom. The smallest absolute Gasteiger partial charge is 0.176 e. The monoisotopic (exact) mass is 355 g/mol. The highest BCUT2D eigenvalue weighted by Crippen LogP contribution is 2.37. The Hall–Kier alpha value is -1.60. The summed E-state index contributed by atoms with van der Waals surface area (Å²) >= 11 is 3.45. The molecule has 0 aliphatic rings. The number of aryl methyl sites for hydroxylation is 1. The fraction of sp³-hybridized carbons (Fsp3) is 0.429. The highest BCUT2D eigenvalue weighted by molar-refractivity contribution is 9.10. The second kappa shape index (κ2) is 6.91. The first-order valence-electron chi connectivity index (χ1n) is 6.60. The van der Waals surface area contributed by atoms with Gasteiger partial charge >= 0.3 is 0 Å². The maximum atomic E-state index is 9.25. The van der Waals surface area contributed by atoms with Crippen molar-refractivity contribution >= 4 is 15.9 Å². The Morgan fingerprint density at radius 1 is 1.29 bits per heavy atom. The second-order valence-corrected chi connectivity index (χ2v) is 5.36. The lowest BCUT2D eigenvalue weighted by Gasteiger charge is -2.14. The lowest BCUT2D eigenvalue weighted by atomic mass is 10.2. The predicted molar refractivity (Wildman–Crippen MR) is 81.3 cm³/mol. The molecule has 0 aliphatic heterocycles. The van der Waals surface area contributed by atoms with Crippen molar-refractivity contribution in [3.63, 3.8) is 0 Å². The largest absolute Gasteiger partial charge is 0.490 e. The van der Waals surface area contributed by atoms with Crippen molar-refractivity contribution in [2.24, 2.45) is 7.05 Å². The summed E-state index contributed by atoms with van der Waals surface area (Å²) in [4.78, 5) is 0. The molecule has 0 bridgehead atoms. The SMILES string of the molecule is CCOc1cc(CO)cc(Br)c1OCc1nnc(C)n1C. The standard InChI is InChI=1S/C14H18BrN3O3/c1-4-20-12-6-10(7-19)5-11(15)14(12)21-8-13-17-16-9(2)18(13)3/h5-6,19H,4,7-8H2,1-3H3. The van der Waals surface area contributed by atoms with Gasteiger partial charge in [-0.3, -0.25) is 0 Å². The van der Waals surface area contributed by atoms with Crippen LogP contribution in [0.4, 0.5) is 0 Å². The number of rotatable bonds is 6. The van der Waals surface area contributed by atoms with E-state index in [4.69, 9.17) is 9.47 Å². The van der Waals surface area contributed by atoms with Gasteiger partial charge in [0.1, 0.15) is 12.4 Å². The lowest BCUT2D eigenvalue weighted by molar-refractivity contribution is 0.255. The first-order chi connectivity index (χ1) is 10.1. The van der Waals surface area contributed by atoms with Crippen molar-refractivity contribution in [2.45, 2.75) is 27.1 Å². The molecule has 2 aromatic rings. The van der Waals surface area contributed by atoms with Gasteiger partial charge in [0.05, 0.1) is 17.7 Å². The Balaban J connectivity index is 2.24. The number of hydrogen-bond acceptors (Lipinski definition) is 5. The molecule has 7 heteroatoms. The number of aliphatic hydroxyl groups excluding tert-OH is 1. The van der Waals surface area contributed by atoms with Crippen molar-refractivity contribution in [3.8, 4) is 11.5 Å². The van der Waals surface area contributed by atoms with Gasteiger partial charge in [-0.1, -0.05) is 0 Å². The van der Waals surface area contributed by atoms with Gasteiger partial charge in [0.25, 0.3) is 0 Å². The van der Waals surface area contributed by atoms with E-state index in [0.29, 0.717) is 18.1 Å². The molecule has 0 unspecified atom stereocenters. The zero-order valence-electron chi connectivity index (χ0n) is 12.3. The second-order valence-electron chi connectivity index (χ2n) is 4.51. The van der Waals surface area contributed by atoms with Gasteiger partial charge < -0.3 is 19.1 Å². The van der Waals surface area contributed by atoms with Crippen molar-refractivity contribution in [1.29, 1.82) is 0 Å². The van der Waals surface area contributed by atoms with Gasteiger partial charge in [-0.25, -0.2) is 0 Å². The lowest BCUT2D eigenvalue weighted by Crippen LogP contribution is -2.06. The Morgan fingerprint density at radius 2 is 2.05 bits per heavy atom. The Bertz CT molecular complexity index is 628. The third-order valence-electron chi connectivity index (χ3n) is 3.08. The molecule has 0 aliphatic carbocycles. The molecule has 2 rings (SSSR count). The van der Waals surface area contributed by atoms with E-state index in [1.54, 1.807) is 12.1 Å².